The maximum absolute atomic E-state index is 13.3. The van der Waals surface area contributed by atoms with Gasteiger partial charge in [-0.25, -0.2) is 4.39 Å². The van der Waals surface area contributed by atoms with Crippen molar-refractivity contribution in [3.63, 3.8) is 0 Å². The van der Waals surface area contributed by atoms with Crippen molar-refractivity contribution < 1.29 is 14.3 Å². The molecule has 2 unspecified atom stereocenters. The van der Waals surface area contributed by atoms with Gasteiger partial charge in [-0.1, -0.05) is 38.3 Å². The minimum atomic E-state index is -0.877. The average molecular weight is 317 g/mol. The summed E-state index contributed by atoms with van der Waals surface area (Å²) in [6.07, 6.45) is 8.38. The van der Waals surface area contributed by atoms with Crippen LogP contribution in [0.15, 0.2) is 35.3 Å². The number of fused-ring (bicyclic) bond motifs is 1. The van der Waals surface area contributed by atoms with Crippen LogP contribution < -0.4 is 0 Å². The fourth-order valence-corrected chi connectivity index (χ4v) is 2.74. The first-order valence-electron chi connectivity index (χ1n) is 8.31. The Morgan fingerprint density at radius 1 is 1.35 bits per heavy atom. The molecular weight excluding hydrogens is 293 g/mol. The number of carbonyl (C=O) groups is 1. The van der Waals surface area contributed by atoms with Crippen molar-refractivity contribution in [3.8, 4) is 0 Å². The fraction of sp³-hybridized carbons (Fsp3) is 0.474. The number of aliphatic hydroxyl groups excluding tert-OH is 1. The highest BCUT2D eigenvalue weighted by Crippen LogP contribution is 2.30. The Hall–Kier alpha value is -1.81. The Kier molecular flexibility index (Phi) is 6.22. The van der Waals surface area contributed by atoms with Crippen LogP contribution in [-0.2, 0) is 0 Å². The molecule has 0 aromatic heterocycles. The summed E-state index contributed by atoms with van der Waals surface area (Å²) < 4.78 is 13.3. The lowest BCUT2D eigenvalue weighted by Gasteiger charge is -2.22. The van der Waals surface area contributed by atoms with Gasteiger partial charge < -0.3 is 5.11 Å². The molecule has 1 aliphatic heterocycles. The number of ketones is 1. The maximum Gasteiger partial charge on any atom is 0.173 e. The molecule has 0 radical (unpaired) electrons. The zero-order valence-corrected chi connectivity index (χ0v) is 13.8. The lowest BCUT2D eigenvalue weighted by atomic mass is 9.88. The third-order valence-electron chi connectivity index (χ3n) is 4.16. The number of allylic oxidation sites excluding steroid dienone is 1. The van der Waals surface area contributed by atoms with E-state index in [1.54, 1.807) is 13.0 Å². The van der Waals surface area contributed by atoms with Gasteiger partial charge in [-0.05, 0) is 38.0 Å². The van der Waals surface area contributed by atoms with Gasteiger partial charge in [-0.2, -0.15) is 0 Å². The summed E-state index contributed by atoms with van der Waals surface area (Å²) in [5.74, 6) is -1.18. The number of nitrogens with zero attached hydrogens (tertiary/aromatic N) is 1. The van der Waals surface area contributed by atoms with Gasteiger partial charge in [0.05, 0.1) is 17.3 Å². The first kappa shape index (κ1) is 17.5. The van der Waals surface area contributed by atoms with E-state index in [4.69, 9.17) is 0 Å². The Balaban J connectivity index is 2.08. The van der Waals surface area contributed by atoms with Crippen molar-refractivity contribution in [1.29, 1.82) is 0 Å². The SMILES string of the molecule is CCCCCC/C=C/C(O)C1=Nc2ccc(F)cc2C(=O)C1C. The molecule has 23 heavy (non-hydrogen) atoms. The van der Waals surface area contributed by atoms with Crippen LogP contribution in [0.2, 0.25) is 0 Å². The second kappa shape index (κ2) is 8.16. The van der Waals surface area contributed by atoms with E-state index in [0.29, 0.717) is 11.4 Å². The summed E-state index contributed by atoms with van der Waals surface area (Å²) in [6, 6.07) is 3.97. The van der Waals surface area contributed by atoms with Crippen molar-refractivity contribution in [2.45, 2.75) is 52.1 Å². The van der Waals surface area contributed by atoms with Crippen LogP contribution in [0, 0.1) is 11.7 Å². The topological polar surface area (TPSA) is 49.7 Å². The summed E-state index contributed by atoms with van der Waals surface area (Å²) in [6.45, 7) is 3.87. The number of halogens is 1. The zero-order chi connectivity index (χ0) is 16.8. The standard InChI is InChI=1S/C19H24FNO2/c1-3-4-5-6-7-8-9-17(22)18-13(2)19(23)15-12-14(20)10-11-16(15)21-18/h8-13,17,22H,3-7H2,1-2H3/b9-8+. The molecule has 3 nitrogen and oxygen atoms in total. The summed E-state index contributed by atoms with van der Waals surface area (Å²) in [7, 11) is 0. The second-order valence-corrected chi connectivity index (χ2v) is 6.01. The molecule has 4 heteroatoms. The predicted molar refractivity (Wildman–Crippen MR) is 90.9 cm³/mol. The summed E-state index contributed by atoms with van der Waals surface area (Å²) in [4.78, 5) is 16.7. The number of benzene rings is 1. The zero-order valence-electron chi connectivity index (χ0n) is 13.8. The van der Waals surface area contributed by atoms with E-state index < -0.39 is 17.8 Å². The number of carbonyl (C=O) groups excluding carboxylic acids is 1. The largest absolute Gasteiger partial charge is 0.383 e. The Morgan fingerprint density at radius 2 is 2.13 bits per heavy atom. The van der Waals surface area contributed by atoms with Crippen LogP contribution in [-0.4, -0.2) is 22.7 Å². The van der Waals surface area contributed by atoms with Crippen LogP contribution in [0.1, 0.15) is 56.3 Å². The molecule has 1 heterocycles. The monoisotopic (exact) mass is 317 g/mol. The number of rotatable bonds is 7. The average Bonchev–Trinajstić information content (AvgIpc) is 2.54. The molecular formula is C19H24FNO2. The predicted octanol–water partition coefficient (Wildman–Crippen LogP) is 4.62. The quantitative estimate of drug-likeness (QED) is 0.589. The molecule has 0 bridgehead atoms. The fourth-order valence-electron chi connectivity index (χ4n) is 2.74. The number of hydrogen-bond donors (Lipinski definition) is 1. The van der Waals surface area contributed by atoms with Crippen LogP contribution >= 0.6 is 0 Å². The highest BCUT2D eigenvalue weighted by molar-refractivity contribution is 6.19. The lowest BCUT2D eigenvalue weighted by molar-refractivity contribution is 0.0954. The Bertz CT molecular complexity index is 622. The molecule has 0 fully saturated rings. The van der Waals surface area contributed by atoms with Crippen molar-refractivity contribution in [1.82, 2.24) is 0 Å². The molecule has 1 aliphatic rings. The summed E-state index contributed by atoms with van der Waals surface area (Å²) >= 11 is 0. The van der Waals surface area contributed by atoms with E-state index in [0.717, 1.165) is 12.8 Å². The van der Waals surface area contributed by atoms with Crippen LogP contribution in [0.4, 0.5) is 10.1 Å². The number of aliphatic hydroxyl groups is 1. The van der Waals surface area contributed by atoms with E-state index in [9.17, 15) is 14.3 Å². The molecule has 0 saturated heterocycles. The summed E-state index contributed by atoms with van der Waals surface area (Å²) in [5.41, 5.74) is 1.15. The molecule has 0 amide bonds. The van der Waals surface area contributed by atoms with E-state index in [1.165, 1.54) is 37.5 Å². The molecule has 2 atom stereocenters. The van der Waals surface area contributed by atoms with Gasteiger partial charge in [-0.3, -0.25) is 9.79 Å². The number of Topliss-reactive ketones (excluding diaryl/α,β-unsaturated/α-hetero) is 1. The van der Waals surface area contributed by atoms with Crippen LogP contribution in [0.3, 0.4) is 0 Å². The van der Waals surface area contributed by atoms with E-state index >= 15 is 0 Å². The number of hydrogen-bond acceptors (Lipinski definition) is 3. The Morgan fingerprint density at radius 3 is 2.87 bits per heavy atom. The Labute approximate surface area is 136 Å². The smallest absolute Gasteiger partial charge is 0.173 e. The van der Waals surface area contributed by atoms with E-state index in [-0.39, 0.29) is 11.3 Å². The van der Waals surface area contributed by atoms with Gasteiger partial charge in [0.2, 0.25) is 0 Å². The highest BCUT2D eigenvalue weighted by atomic mass is 19.1. The number of unbranched alkanes of at least 4 members (excludes halogenated alkanes) is 4. The second-order valence-electron chi connectivity index (χ2n) is 6.01. The van der Waals surface area contributed by atoms with Gasteiger partial charge in [0.1, 0.15) is 11.9 Å². The molecule has 1 aromatic carbocycles. The molecule has 1 N–H and O–H groups in total. The van der Waals surface area contributed by atoms with Gasteiger partial charge in [0.25, 0.3) is 0 Å². The third kappa shape index (κ3) is 4.35. The van der Waals surface area contributed by atoms with Gasteiger partial charge >= 0.3 is 0 Å². The summed E-state index contributed by atoms with van der Waals surface area (Å²) in [5, 5.41) is 10.3. The first-order chi connectivity index (χ1) is 11.0. The normalized spacial score (nSPS) is 18.9. The van der Waals surface area contributed by atoms with Crippen molar-refractivity contribution in [2.75, 3.05) is 0 Å². The molecule has 124 valence electrons. The molecule has 2 rings (SSSR count). The van der Waals surface area contributed by atoms with Crippen molar-refractivity contribution in [2.24, 2.45) is 10.9 Å². The highest BCUT2D eigenvalue weighted by Gasteiger charge is 2.31. The number of aliphatic imine (C=N–C) groups is 1. The van der Waals surface area contributed by atoms with Crippen LogP contribution in [0.25, 0.3) is 0 Å². The van der Waals surface area contributed by atoms with Crippen molar-refractivity contribution >= 4 is 17.2 Å². The van der Waals surface area contributed by atoms with Crippen molar-refractivity contribution in [3.05, 3.63) is 41.7 Å². The molecule has 1 aromatic rings. The first-order valence-corrected chi connectivity index (χ1v) is 8.31. The molecule has 0 saturated carbocycles. The maximum atomic E-state index is 13.3. The van der Waals surface area contributed by atoms with Gasteiger partial charge in [-0.15, -0.1) is 0 Å². The molecule has 0 aliphatic carbocycles. The minimum absolute atomic E-state index is 0.195. The third-order valence-corrected chi connectivity index (χ3v) is 4.16. The van der Waals surface area contributed by atoms with E-state index in [2.05, 4.69) is 11.9 Å². The molecule has 0 spiro atoms. The van der Waals surface area contributed by atoms with Gasteiger partial charge in [0.15, 0.2) is 5.78 Å². The minimum Gasteiger partial charge on any atom is -0.383 e. The van der Waals surface area contributed by atoms with Crippen LogP contribution in [0.5, 0.6) is 0 Å². The van der Waals surface area contributed by atoms with Gasteiger partial charge in [0, 0.05) is 5.56 Å². The van der Waals surface area contributed by atoms with E-state index in [1.807, 2.05) is 6.08 Å². The lowest BCUT2D eigenvalue weighted by Crippen LogP contribution is -2.33.